The van der Waals surface area contributed by atoms with Crippen molar-refractivity contribution in [3.8, 4) is 23.1 Å². The molecule has 0 radical (unpaired) electrons. The van der Waals surface area contributed by atoms with Crippen LogP contribution in [0.15, 0.2) is 60.9 Å². The van der Waals surface area contributed by atoms with E-state index >= 15 is 0 Å². The molecule has 3 heterocycles. The van der Waals surface area contributed by atoms with E-state index in [-0.39, 0.29) is 0 Å². The van der Waals surface area contributed by atoms with Gasteiger partial charge >= 0.3 is 0 Å². The molecule has 0 fully saturated rings. The zero-order valence-corrected chi connectivity index (χ0v) is 15.5. The van der Waals surface area contributed by atoms with Gasteiger partial charge in [-0.1, -0.05) is 30.3 Å². The van der Waals surface area contributed by atoms with Crippen LogP contribution in [0, 0.1) is 25.2 Å². The molecule has 0 spiro atoms. The number of anilines is 2. The Bertz CT molecular complexity index is 1170. The second-order valence-electron chi connectivity index (χ2n) is 6.27. The number of aromatic nitrogens is 5. The van der Waals surface area contributed by atoms with Gasteiger partial charge in [0.1, 0.15) is 6.07 Å². The standard InChI is InChI=1S/C21H17N7/c1-14-11-15(2)28(27-14)20-18(9-6-10-23-20)25-21-24-13-17(12-22)19(26-21)16-7-4-3-5-8-16/h3-11,13H,1-2H3,(H,24,25,26). The SMILES string of the molecule is Cc1cc(C)n(-c2ncccc2Nc2ncc(C#N)c(-c3ccccc3)n2)n1. The molecule has 0 bridgehead atoms. The van der Waals surface area contributed by atoms with E-state index in [4.69, 9.17) is 0 Å². The third kappa shape index (κ3) is 3.31. The van der Waals surface area contributed by atoms with Crippen LogP contribution in [0.25, 0.3) is 17.1 Å². The maximum atomic E-state index is 9.41. The molecule has 0 aliphatic heterocycles. The Morgan fingerprint density at radius 1 is 1.04 bits per heavy atom. The summed E-state index contributed by atoms with van der Waals surface area (Å²) in [7, 11) is 0. The molecular weight excluding hydrogens is 350 g/mol. The number of nitrogens with zero attached hydrogens (tertiary/aromatic N) is 6. The van der Waals surface area contributed by atoms with Gasteiger partial charge in [0.05, 0.1) is 28.8 Å². The molecule has 0 amide bonds. The van der Waals surface area contributed by atoms with Crippen molar-refractivity contribution in [3.63, 3.8) is 0 Å². The van der Waals surface area contributed by atoms with E-state index in [1.165, 1.54) is 6.20 Å². The summed E-state index contributed by atoms with van der Waals surface area (Å²) in [6.45, 7) is 3.92. The Labute approximate surface area is 162 Å². The first-order valence-electron chi connectivity index (χ1n) is 8.74. The predicted molar refractivity (Wildman–Crippen MR) is 106 cm³/mol. The van der Waals surface area contributed by atoms with Crippen LogP contribution in [0.4, 0.5) is 11.6 Å². The van der Waals surface area contributed by atoms with Crippen molar-refractivity contribution in [2.75, 3.05) is 5.32 Å². The van der Waals surface area contributed by atoms with Crippen molar-refractivity contribution in [1.82, 2.24) is 24.7 Å². The van der Waals surface area contributed by atoms with Gasteiger partial charge in [-0.05, 0) is 32.0 Å². The van der Waals surface area contributed by atoms with E-state index in [1.54, 1.807) is 10.9 Å². The monoisotopic (exact) mass is 367 g/mol. The molecule has 0 aliphatic rings. The largest absolute Gasteiger partial charge is 0.321 e. The van der Waals surface area contributed by atoms with Gasteiger partial charge in [0.15, 0.2) is 5.82 Å². The van der Waals surface area contributed by atoms with Gasteiger partial charge in [-0.3, -0.25) is 0 Å². The zero-order chi connectivity index (χ0) is 19.5. The average molecular weight is 367 g/mol. The lowest BCUT2D eigenvalue weighted by Gasteiger charge is -2.12. The molecule has 4 aromatic rings. The summed E-state index contributed by atoms with van der Waals surface area (Å²) in [6, 6.07) is 17.4. The van der Waals surface area contributed by atoms with Gasteiger partial charge in [-0.25, -0.2) is 19.6 Å². The summed E-state index contributed by atoms with van der Waals surface area (Å²) >= 11 is 0. The summed E-state index contributed by atoms with van der Waals surface area (Å²) in [5.41, 5.74) is 4.46. The number of nitrogens with one attached hydrogen (secondary N) is 1. The lowest BCUT2D eigenvalue weighted by molar-refractivity contribution is 0.808. The van der Waals surface area contributed by atoms with Crippen LogP contribution in [0.1, 0.15) is 17.0 Å². The Morgan fingerprint density at radius 3 is 2.57 bits per heavy atom. The molecular formula is C21H17N7. The minimum atomic E-state index is 0.383. The van der Waals surface area contributed by atoms with E-state index in [2.05, 4.69) is 31.4 Å². The average Bonchev–Trinajstić information content (AvgIpc) is 3.07. The molecule has 1 N–H and O–H groups in total. The molecule has 3 aromatic heterocycles. The molecule has 0 unspecified atom stereocenters. The highest BCUT2D eigenvalue weighted by atomic mass is 15.3. The van der Waals surface area contributed by atoms with Crippen molar-refractivity contribution < 1.29 is 0 Å². The van der Waals surface area contributed by atoms with Crippen LogP contribution in [-0.2, 0) is 0 Å². The minimum absolute atomic E-state index is 0.383. The van der Waals surface area contributed by atoms with Crippen molar-refractivity contribution in [1.29, 1.82) is 5.26 Å². The third-order valence-corrected chi connectivity index (χ3v) is 4.20. The van der Waals surface area contributed by atoms with Gasteiger partial charge in [0.2, 0.25) is 5.95 Å². The number of hydrogen-bond donors (Lipinski definition) is 1. The first-order chi connectivity index (χ1) is 13.7. The minimum Gasteiger partial charge on any atom is -0.321 e. The van der Waals surface area contributed by atoms with E-state index in [0.29, 0.717) is 23.0 Å². The number of pyridine rings is 1. The van der Waals surface area contributed by atoms with Crippen molar-refractivity contribution >= 4 is 11.6 Å². The van der Waals surface area contributed by atoms with Gasteiger partial charge < -0.3 is 5.32 Å². The Hall–Kier alpha value is -4.05. The number of hydrogen-bond acceptors (Lipinski definition) is 6. The van der Waals surface area contributed by atoms with Crippen LogP contribution in [0.2, 0.25) is 0 Å². The molecule has 28 heavy (non-hydrogen) atoms. The van der Waals surface area contributed by atoms with Gasteiger partial charge in [0, 0.05) is 17.5 Å². The lowest BCUT2D eigenvalue weighted by Crippen LogP contribution is -2.08. The first-order valence-corrected chi connectivity index (χ1v) is 8.74. The maximum absolute atomic E-state index is 9.41. The van der Waals surface area contributed by atoms with E-state index in [1.807, 2.05) is 62.4 Å². The highest BCUT2D eigenvalue weighted by molar-refractivity contribution is 5.69. The topological polar surface area (TPSA) is 92.3 Å². The Morgan fingerprint density at radius 2 is 1.86 bits per heavy atom. The fourth-order valence-corrected chi connectivity index (χ4v) is 2.97. The smallest absolute Gasteiger partial charge is 0.227 e. The first kappa shape index (κ1) is 17.4. The highest BCUT2D eigenvalue weighted by Gasteiger charge is 2.13. The molecule has 4 rings (SSSR count). The van der Waals surface area contributed by atoms with Crippen LogP contribution in [0.3, 0.4) is 0 Å². The molecule has 7 heteroatoms. The Balaban J connectivity index is 1.75. The second kappa shape index (κ2) is 7.29. The van der Waals surface area contributed by atoms with E-state index < -0.39 is 0 Å². The van der Waals surface area contributed by atoms with Crippen molar-refractivity contribution in [2.45, 2.75) is 13.8 Å². The summed E-state index contributed by atoms with van der Waals surface area (Å²) < 4.78 is 1.78. The second-order valence-corrected chi connectivity index (χ2v) is 6.27. The normalized spacial score (nSPS) is 10.5. The number of nitriles is 1. The van der Waals surface area contributed by atoms with Crippen molar-refractivity contribution in [2.24, 2.45) is 0 Å². The van der Waals surface area contributed by atoms with E-state index in [0.717, 1.165) is 22.6 Å². The summed E-state index contributed by atoms with van der Waals surface area (Å²) in [5.74, 6) is 1.04. The lowest BCUT2D eigenvalue weighted by atomic mass is 10.1. The van der Waals surface area contributed by atoms with Crippen LogP contribution in [0.5, 0.6) is 0 Å². The van der Waals surface area contributed by atoms with E-state index in [9.17, 15) is 5.26 Å². The highest BCUT2D eigenvalue weighted by Crippen LogP contribution is 2.25. The fraction of sp³-hybridized carbons (Fsp3) is 0.0952. The summed E-state index contributed by atoms with van der Waals surface area (Å²) in [4.78, 5) is 13.3. The maximum Gasteiger partial charge on any atom is 0.227 e. The quantitative estimate of drug-likeness (QED) is 0.587. The molecule has 0 saturated carbocycles. The molecule has 1 aromatic carbocycles. The summed E-state index contributed by atoms with van der Waals surface area (Å²) in [5, 5.41) is 17.1. The zero-order valence-electron chi connectivity index (χ0n) is 15.5. The van der Waals surface area contributed by atoms with Gasteiger partial charge in [-0.2, -0.15) is 10.4 Å². The number of rotatable bonds is 4. The molecule has 0 saturated heterocycles. The van der Waals surface area contributed by atoms with Crippen molar-refractivity contribution in [3.05, 3.63) is 77.9 Å². The predicted octanol–water partition coefficient (Wildman–Crippen LogP) is 3.96. The Kier molecular flexibility index (Phi) is 4.52. The number of benzene rings is 1. The molecule has 136 valence electrons. The van der Waals surface area contributed by atoms with Crippen LogP contribution in [-0.4, -0.2) is 24.7 Å². The molecule has 0 atom stereocenters. The summed E-state index contributed by atoms with van der Waals surface area (Å²) in [6.07, 6.45) is 3.24. The molecule has 0 aliphatic carbocycles. The fourth-order valence-electron chi connectivity index (χ4n) is 2.97. The number of aryl methyl sites for hydroxylation is 2. The van der Waals surface area contributed by atoms with Crippen LogP contribution >= 0.6 is 0 Å². The van der Waals surface area contributed by atoms with Gasteiger partial charge in [0.25, 0.3) is 0 Å². The third-order valence-electron chi connectivity index (χ3n) is 4.20. The molecule has 7 nitrogen and oxygen atoms in total. The van der Waals surface area contributed by atoms with Crippen LogP contribution < -0.4 is 5.32 Å². The van der Waals surface area contributed by atoms with Gasteiger partial charge in [-0.15, -0.1) is 0 Å².